The van der Waals surface area contributed by atoms with Crippen molar-refractivity contribution in [2.75, 3.05) is 12.9 Å². The fourth-order valence-corrected chi connectivity index (χ4v) is 4.53. The topological polar surface area (TPSA) is 92.5 Å². The number of pyridine rings is 2. The third kappa shape index (κ3) is 4.48. The van der Waals surface area contributed by atoms with Gasteiger partial charge in [-0.3, -0.25) is 4.98 Å². The lowest BCUT2D eigenvalue weighted by molar-refractivity contribution is 0.230. The third-order valence-corrected chi connectivity index (χ3v) is 7.20. The second-order valence-electron chi connectivity index (χ2n) is 7.81. The number of benzene rings is 2. The molecule has 9 heteroatoms. The lowest BCUT2D eigenvalue weighted by Gasteiger charge is -2.15. The highest BCUT2D eigenvalue weighted by atomic mass is 32.2. The van der Waals surface area contributed by atoms with Crippen LogP contribution in [0.15, 0.2) is 96.3 Å². The van der Waals surface area contributed by atoms with Crippen LogP contribution < -0.4 is 14.3 Å². The van der Waals surface area contributed by atoms with Gasteiger partial charge in [0.1, 0.15) is 11.2 Å². The standard InChI is InChI=1S/C27H23N3O5S/c1-3-36(31,32)26-15-14-20(18-29-26)35-30-22(21-10-6-7-16-28-21)17-19-9-8-13-25(27(19)30)34-24-12-5-4-11-23(24)33-2/h4-18H,3H2,1-2H3. The van der Waals surface area contributed by atoms with Crippen LogP contribution in [0.4, 0.5) is 0 Å². The first kappa shape index (κ1) is 23.4. The maximum absolute atomic E-state index is 12.2. The van der Waals surface area contributed by atoms with Crippen molar-refractivity contribution >= 4 is 20.7 Å². The van der Waals surface area contributed by atoms with Gasteiger partial charge in [-0.25, -0.2) is 13.4 Å². The van der Waals surface area contributed by atoms with Gasteiger partial charge in [0.25, 0.3) is 0 Å². The number of para-hydroxylation sites is 3. The van der Waals surface area contributed by atoms with Crippen molar-refractivity contribution in [3.63, 3.8) is 0 Å². The molecule has 0 radical (unpaired) electrons. The van der Waals surface area contributed by atoms with Crippen LogP contribution in [0.2, 0.25) is 0 Å². The molecule has 0 saturated heterocycles. The van der Waals surface area contributed by atoms with Crippen molar-refractivity contribution in [3.05, 3.63) is 91.3 Å². The van der Waals surface area contributed by atoms with E-state index in [0.717, 1.165) is 5.39 Å². The number of sulfone groups is 1. The van der Waals surface area contributed by atoms with Crippen LogP contribution >= 0.6 is 0 Å². The Kier molecular flexibility index (Phi) is 6.30. The number of aromatic nitrogens is 3. The van der Waals surface area contributed by atoms with Gasteiger partial charge in [0, 0.05) is 11.6 Å². The summed E-state index contributed by atoms with van der Waals surface area (Å²) in [4.78, 5) is 14.9. The Morgan fingerprint density at radius 2 is 1.64 bits per heavy atom. The summed E-state index contributed by atoms with van der Waals surface area (Å²) in [6.45, 7) is 1.58. The molecule has 5 rings (SSSR count). The highest BCUT2D eigenvalue weighted by molar-refractivity contribution is 7.91. The van der Waals surface area contributed by atoms with Gasteiger partial charge < -0.3 is 14.3 Å². The van der Waals surface area contributed by atoms with Crippen molar-refractivity contribution in [1.29, 1.82) is 0 Å². The number of rotatable bonds is 8. The van der Waals surface area contributed by atoms with Crippen LogP contribution in [-0.4, -0.2) is 36.0 Å². The Morgan fingerprint density at radius 1 is 0.861 bits per heavy atom. The van der Waals surface area contributed by atoms with Crippen molar-refractivity contribution < 1.29 is 22.7 Å². The summed E-state index contributed by atoms with van der Waals surface area (Å²) in [6.07, 6.45) is 3.09. The highest BCUT2D eigenvalue weighted by Gasteiger charge is 2.20. The molecule has 0 fully saturated rings. The van der Waals surface area contributed by atoms with E-state index in [4.69, 9.17) is 14.3 Å². The van der Waals surface area contributed by atoms with Crippen molar-refractivity contribution in [2.24, 2.45) is 0 Å². The summed E-state index contributed by atoms with van der Waals surface area (Å²) in [5.74, 6) is 2.01. The van der Waals surface area contributed by atoms with Gasteiger partial charge in [-0.1, -0.05) is 37.3 Å². The third-order valence-electron chi connectivity index (χ3n) is 5.57. The first-order valence-corrected chi connectivity index (χ1v) is 12.9. The Labute approximate surface area is 208 Å². The number of hydrogen-bond acceptors (Lipinski definition) is 7. The molecule has 0 aliphatic heterocycles. The summed E-state index contributed by atoms with van der Waals surface area (Å²) >= 11 is 0. The van der Waals surface area contributed by atoms with E-state index >= 15 is 0 Å². The van der Waals surface area contributed by atoms with Gasteiger partial charge in [0.15, 0.2) is 37.9 Å². The molecular formula is C27H23N3O5S. The van der Waals surface area contributed by atoms with Crippen LogP contribution in [-0.2, 0) is 9.84 Å². The molecule has 0 aliphatic carbocycles. The van der Waals surface area contributed by atoms with Gasteiger partial charge in [-0.15, -0.1) is 0 Å². The monoisotopic (exact) mass is 501 g/mol. The number of methoxy groups -OCH3 is 1. The van der Waals surface area contributed by atoms with Gasteiger partial charge in [0.05, 0.1) is 24.8 Å². The summed E-state index contributed by atoms with van der Waals surface area (Å²) in [5, 5.41) is 0.862. The normalized spacial score (nSPS) is 11.4. The van der Waals surface area contributed by atoms with Crippen LogP contribution in [0.25, 0.3) is 22.3 Å². The molecule has 0 saturated carbocycles. The quantitative estimate of drug-likeness (QED) is 0.276. The Bertz CT molecular complexity index is 1620. The van der Waals surface area contributed by atoms with Crippen molar-refractivity contribution in [3.8, 4) is 34.4 Å². The fourth-order valence-electron chi connectivity index (χ4n) is 3.75. The van der Waals surface area contributed by atoms with E-state index in [1.54, 1.807) is 31.0 Å². The first-order valence-electron chi connectivity index (χ1n) is 11.2. The van der Waals surface area contributed by atoms with E-state index in [9.17, 15) is 8.42 Å². The smallest absolute Gasteiger partial charge is 0.195 e. The lowest BCUT2D eigenvalue weighted by atomic mass is 10.2. The molecule has 36 heavy (non-hydrogen) atoms. The van der Waals surface area contributed by atoms with E-state index in [2.05, 4.69) is 9.97 Å². The molecule has 0 atom stereocenters. The molecule has 182 valence electrons. The van der Waals surface area contributed by atoms with Gasteiger partial charge >= 0.3 is 0 Å². The Balaban J connectivity index is 1.64. The SMILES string of the molecule is CCS(=O)(=O)c1ccc(On2c(-c3ccccn3)cc3cccc(Oc4ccccc4OC)c32)cn1. The minimum absolute atomic E-state index is 0.000131. The average molecular weight is 502 g/mol. The second kappa shape index (κ2) is 9.71. The summed E-state index contributed by atoms with van der Waals surface area (Å²) in [5.41, 5.74) is 2.04. The largest absolute Gasteiger partial charge is 0.493 e. The zero-order chi connectivity index (χ0) is 25.1. The van der Waals surface area contributed by atoms with E-state index in [1.165, 1.54) is 12.3 Å². The molecule has 0 N–H and O–H groups in total. The minimum Gasteiger partial charge on any atom is -0.493 e. The number of nitrogens with zero attached hydrogens (tertiary/aromatic N) is 3. The first-order chi connectivity index (χ1) is 17.5. The highest BCUT2D eigenvalue weighted by Crippen LogP contribution is 2.38. The maximum Gasteiger partial charge on any atom is 0.195 e. The molecule has 3 heterocycles. The Hall–Kier alpha value is -4.37. The number of fused-ring (bicyclic) bond motifs is 1. The predicted molar refractivity (Wildman–Crippen MR) is 136 cm³/mol. The van der Waals surface area contributed by atoms with E-state index in [-0.39, 0.29) is 10.8 Å². The summed E-state index contributed by atoms with van der Waals surface area (Å²) in [6, 6.07) is 23.6. The van der Waals surface area contributed by atoms with Crippen LogP contribution in [0.1, 0.15) is 6.92 Å². The Morgan fingerprint density at radius 3 is 2.33 bits per heavy atom. The van der Waals surface area contributed by atoms with Crippen molar-refractivity contribution in [1.82, 2.24) is 14.7 Å². The molecule has 5 aromatic rings. The van der Waals surface area contributed by atoms with E-state index in [1.807, 2.05) is 66.7 Å². The molecule has 0 bridgehead atoms. The zero-order valence-electron chi connectivity index (χ0n) is 19.7. The van der Waals surface area contributed by atoms with Crippen LogP contribution in [0.3, 0.4) is 0 Å². The lowest BCUT2D eigenvalue weighted by Crippen LogP contribution is -2.10. The van der Waals surface area contributed by atoms with E-state index < -0.39 is 9.84 Å². The maximum atomic E-state index is 12.2. The number of ether oxygens (including phenoxy) is 2. The van der Waals surface area contributed by atoms with Crippen LogP contribution in [0.5, 0.6) is 23.0 Å². The molecular weight excluding hydrogens is 478 g/mol. The number of hydrogen-bond donors (Lipinski definition) is 0. The zero-order valence-corrected chi connectivity index (χ0v) is 20.5. The predicted octanol–water partition coefficient (Wildman–Crippen LogP) is 5.53. The molecule has 0 spiro atoms. The van der Waals surface area contributed by atoms with Gasteiger partial charge in [-0.2, -0.15) is 4.73 Å². The molecule has 8 nitrogen and oxygen atoms in total. The minimum atomic E-state index is -3.43. The van der Waals surface area contributed by atoms with Crippen molar-refractivity contribution in [2.45, 2.75) is 11.9 Å². The van der Waals surface area contributed by atoms with E-state index in [0.29, 0.717) is 39.9 Å². The van der Waals surface area contributed by atoms with Crippen LogP contribution in [0, 0.1) is 0 Å². The molecule has 0 aliphatic rings. The average Bonchev–Trinajstić information content (AvgIpc) is 3.29. The molecule has 0 amide bonds. The molecule has 0 unspecified atom stereocenters. The molecule has 2 aromatic carbocycles. The summed E-state index contributed by atoms with van der Waals surface area (Å²) < 4.78 is 37.7. The van der Waals surface area contributed by atoms with Gasteiger partial charge in [0.2, 0.25) is 0 Å². The van der Waals surface area contributed by atoms with Gasteiger partial charge in [-0.05, 0) is 48.5 Å². The molecule has 3 aromatic heterocycles. The fraction of sp³-hybridized carbons (Fsp3) is 0.111. The summed E-state index contributed by atoms with van der Waals surface area (Å²) in [7, 11) is -1.84. The second-order valence-corrected chi connectivity index (χ2v) is 10.0.